The minimum absolute atomic E-state index is 0.315. The van der Waals surface area contributed by atoms with Gasteiger partial charge in [0.15, 0.2) is 0 Å². The highest BCUT2D eigenvalue weighted by Gasteiger charge is 2.47. The molecule has 20 heavy (non-hydrogen) atoms. The first-order chi connectivity index (χ1) is 9.80. The van der Waals surface area contributed by atoms with Crippen LogP contribution in [0, 0.1) is 5.92 Å². The number of rotatable bonds is 4. The Morgan fingerprint density at radius 1 is 1.20 bits per heavy atom. The maximum absolute atomic E-state index is 6.26. The molecular weight excluding hydrogens is 250 g/mol. The summed E-state index contributed by atoms with van der Waals surface area (Å²) < 4.78 is 5.49. The van der Waals surface area contributed by atoms with Gasteiger partial charge in [-0.25, -0.2) is 0 Å². The zero-order chi connectivity index (χ0) is 14.0. The first-order valence-electron chi connectivity index (χ1n) is 8.57. The van der Waals surface area contributed by atoms with E-state index in [1.165, 1.54) is 45.2 Å². The van der Waals surface area contributed by atoms with Crippen molar-refractivity contribution >= 4 is 0 Å². The summed E-state index contributed by atoms with van der Waals surface area (Å²) in [6.07, 6.45) is 6.67. The highest BCUT2D eigenvalue weighted by atomic mass is 16.5. The van der Waals surface area contributed by atoms with Crippen molar-refractivity contribution in [3.8, 4) is 0 Å². The van der Waals surface area contributed by atoms with Crippen LogP contribution in [0.4, 0.5) is 0 Å². The number of likely N-dealkylation sites (tertiary alicyclic amines) is 1. The van der Waals surface area contributed by atoms with Crippen molar-refractivity contribution in [2.24, 2.45) is 11.7 Å². The first kappa shape index (κ1) is 14.8. The van der Waals surface area contributed by atoms with Gasteiger partial charge in [0.05, 0.1) is 13.2 Å². The molecule has 4 nitrogen and oxygen atoms in total. The summed E-state index contributed by atoms with van der Waals surface area (Å²) >= 11 is 0. The van der Waals surface area contributed by atoms with Crippen LogP contribution in [0.2, 0.25) is 0 Å². The molecule has 2 saturated heterocycles. The van der Waals surface area contributed by atoms with Crippen molar-refractivity contribution in [3.05, 3.63) is 0 Å². The van der Waals surface area contributed by atoms with E-state index >= 15 is 0 Å². The normalized spacial score (nSPS) is 40.5. The topological polar surface area (TPSA) is 41.7 Å². The largest absolute Gasteiger partial charge is 0.379 e. The van der Waals surface area contributed by atoms with Gasteiger partial charge in [-0.15, -0.1) is 0 Å². The van der Waals surface area contributed by atoms with Crippen LogP contribution in [0.1, 0.15) is 39.0 Å². The second-order valence-electron chi connectivity index (χ2n) is 6.84. The lowest BCUT2D eigenvalue weighted by Gasteiger charge is -2.43. The molecule has 0 aromatic carbocycles. The van der Waals surface area contributed by atoms with Crippen molar-refractivity contribution in [3.63, 3.8) is 0 Å². The van der Waals surface area contributed by atoms with Crippen LogP contribution in [-0.4, -0.2) is 67.3 Å². The van der Waals surface area contributed by atoms with Crippen molar-refractivity contribution in [2.75, 3.05) is 45.9 Å². The molecule has 0 spiro atoms. The molecule has 2 N–H and O–H groups in total. The van der Waals surface area contributed by atoms with Gasteiger partial charge in [-0.2, -0.15) is 0 Å². The van der Waals surface area contributed by atoms with Crippen LogP contribution in [0.3, 0.4) is 0 Å². The van der Waals surface area contributed by atoms with Gasteiger partial charge in [-0.1, -0.05) is 19.8 Å². The predicted molar refractivity (Wildman–Crippen MR) is 81.8 cm³/mol. The lowest BCUT2D eigenvalue weighted by molar-refractivity contribution is 0.0118. The summed E-state index contributed by atoms with van der Waals surface area (Å²) in [5.74, 6) is 0.816. The third kappa shape index (κ3) is 2.52. The van der Waals surface area contributed by atoms with Crippen LogP contribution in [-0.2, 0) is 4.74 Å². The van der Waals surface area contributed by atoms with E-state index in [2.05, 4.69) is 16.7 Å². The Morgan fingerprint density at radius 2 is 2.00 bits per heavy atom. The predicted octanol–water partition coefficient (Wildman–Crippen LogP) is 1.30. The Bertz CT molecular complexity index is 319. The highest BCUT2D eigenvalue weighted by molar-refractivity contribution is 5.04. The Balaban J connectivity index is 1.65. The second-order valence-corrected chi connectivity index (χ2v) is 6.84. The molecule has 3 aliphatic rings. The van der Waals surface area contributed by atoms with Gasteiger partial charge in [-0.3, -0.25) is 9.80 Å². The Morgan fingerprint density at radius 3 is 2.70 bits per heavy atom. The standard InChI is InChI=1S/C16H31N3O/c1-2-14-4-3-6-16(14,13-17)19-7-5-15(12-19)18-8-10-20-11-9-18/h14-15H,2-13,17H2,1H3. The quantitative estimate of drug-likeness (QED) is 0.843. The van der Waals surface area contributed by atoms with Crippen molar-refractivity contribution in [1.82, 2.24) is 9.80 Å². The van der Waals surface area contributed by atoms with E-state index in [0.717, 1.165) is 44.8 Å². The molecular formula is C16H31N3O. The fourth-order valence-electron chi connectivity index (χ4n) is 4.91. The molecule has 3 unspecified atom stereocenters. The van der Waals surface area contributed by atoms with Crippen molar-refractivity contribution in [2.45, 2.75) is 50.6 Å². The van der Waals surface area contributed by atoms with Gasteiger partial charge in [0, 0.05) is 44.3 Å². The average molecular weight is 281 g/mol. The SMILES string of the molecule is CCC1CCCC1(CN)N1CCC(N2CCOCC2)C1. The van der Waals surface area contributed by atoms with E-state index in [1.54, 1.807) is 0 Å². The molecule has 3 atom stereocenters. The van der Waals surface area contributed by atoms with Gasteiger partial charge in [0.1, 0.15) is 0 Å². The zero-order valence-electron chi connectivity index (χ0n) is 13.0. The van der Waals surface area contributed by atoms with Gasteiger partial charge in [0.2, 0.25) is 0 Å². The molecule has 2 heterocycles. The molecule has 0 aromatic rings. The van der Waals surface area contributed by atoms with Crippen LogP contribution in [0.5, 0.6) is 0 Å². The van der Waals surface area contributed by atoms with E-state index in [-0.39, 0.29) is 0 Å². The molecule has 3 rings (SSSR count). The average Bonchev–Trinajstić information content (AvgIpc) is 3.15. The number of morpholine rings is 1. The maximum atomic E-state index is 6.26. The third-order valence-corrected chi connectivity index (χ3v) is 6.12. The molecule has 0 bridgehead atoms. The van der Waals surface area contributed by atoms with Gasteiger partial charge >= 0.3 is 0 Å². The molecule has 1 saturated carbocycles. The third-order valence-electron chi connectivity index (χ3n) is 6.12. The number of hydrogen-bond donors (Lipinski definition) is 1. The van der Waals surface area contributed by atoms with Crippen LogP contribution >= 0.6 is 0 Å². The second kappa shape index (κ2) is 6.30. The molecule has 0 radical (unpaired) electrons. The molecule has 2 aliphatic heterocycles. The van der Waals surface area contributed by atoms with Gasteiger partial charge in [-0.05, 0) is 25.2 Å². The van der Waals surface area contributed by atoms with Crippen molar-refractivity contribution < 1.29 is 4.74 Å². The summed E-state index contributed by atoms with van der Waals surface area (Å²) in [6, 6.07) is 0.737. The van der Waals surface area contributed by atoms with Crippen LogP contribution in [0.25, 0.3) is 0 Å². The van der Waals surface area contributed by atoms with Crippen LogP contribution in [0.15, 0.2) is 0 Å². The minimum Gasteiger partial charge on any atom is -0.379 e. The molecule has 1 aliphatic carbocycles. The Hall–Kier alpha value is -0.160. The fraction of sp³-hybridized carbons (Fsp3) is 1.00. The van der Waals surface area contributed by atoms with E-state index in [1.807, 2.05) is 0 Å². The molecule has 4 heteroatoms. The molecule has 116 valence electrons. The summed E-state index contributed by atoms with van der Waals surface area (Å²) in [6.45, 7) is 9.73. The molecule has 3 fully saturated rings. The van der Waals surface area contributed by atoms with Gasteiger partial charge < -0.3 is 10.5 Å². The maximum Gasteiger partial charge on any atom is 0.0594 e. The summed E-state index contributed by atoms with van der Waals surface area (Å²) in [7, 11) is 0. The van der Waals surface area contributed by atoms with E-state index < -0.39 is 0 Å². The number of hydrogen-bond acceptors (Lipinski definition) is 4. The lowest BCUT2D eigenvalue weighted by Crippen LogP contribution is -2.56. The highest BCUT2D eigenvalue weighted by Crippen LogP contribution is 2.43. The van der Waals surface area contributed by atoms with Crippen molar-refractivity contribution in [1.29, 1.82) is 0 Å². The van der Waals surface area contributed by atoms with E-state index in [0.29, 0.717) is 5.54 Å². The zero-order valence-corrected chi connectivity index (χ0v) is 13.0. The number of nitrogens with zero attached hydrogens (tertiary/aromatic N) is 2. The van der Waals surface area contributed by atoms with Gasteiger partial charge in [0.25, 0.3) is 0 Å². The molecule has 0 amide bonds. The lowest BCUT2D eigenvalue weighted by atomic mass is 9.83. The number of nitrogens with two attached hydrogens (primary N) is 1. The summed E-state index contributed by atoms with van der Waals surface area (Å²) in [4.78, 5) is 5.40. The number of ether oxygens (including phenoxy) is 1. The Kier molecular flexibility index (Phi) is 4.65. The fourth-order valence-corrected chi connectivity index (χ4v) is 4.91. The monoisotopic (exact) mass is 281 g/mol. The summed E-state index contributed by atoms with van der Waals surface area (Å²) in [5.41, 5.74) is 6.58. The van der Waals surface area contributed by atoms with E-state index in [4.69, 9.17) is 10.5 Å². The molecule has 0 aromatic heterocycles. The van der Waals surface area contributed by atoms with E-state index in [9.17, 15) is 0 Å². The van der Waals surface area contributed by atoms with Crippen LogP contribution < -0.4 is 5.73 Å². The minimum atomic E-state index is 0.315. The summed E-state index contributed by atoms with van der Waals surface area (Å²) in [5, 5.41) is 0. The first-order valence-corrected chi connectivity index (χ1v) is 8.57. The Labute approximate surface area is 123 Å². The smallest absolute Gasteiger partial charge is 0.0594 e.